The summed E-state index contributed by atoms with van der Waals surface area (Å²) in [5, 5.41) is 0. The monoisotopic (exact) mass is 414 g/mol. The van der Waals surface area contributed by atoms with Crippen LogP contribution in [0.4, 0.5) is 0 Å². The van der Waals surface area contributed by atoms with Crippen LogP contribution in [0.15, 0.2) is 112 Å². The van der Waals surface area contributed by atoms with Gasteiger partial charge in [0, 0.05) is 21.3 Å². The molecule has 3 aromatic carbocycles. The molecule has 0 saturated carbocycles. The highest BCUT2D eigenvalue weighted by Crippen LogP contribution is 2.19. The third-order valence-corrected chi connectivity index (χ3v) is 4.47. The van der Waals surface area contributed by atoms with Gasteiger partial charge in [0.15, 0.2) is 5.84 Å². The predicted molar refractivity (Wildman–Crippen MR) is 118 cm³/mol. The molecule has 0 heterocycles. The second kappa shape index (κ2) is 9.09. The summed E-state index contributed by atoms with van der Waals surface area (Å²) in [7, 11) is 0. The lowest BCUT2D eigenvalue weighted by molar-refractivity contribution is 1.43. The molecule has 27 heavy (non-hydrogen) atoms. The Labute approximate surface area is 168 Å². The summed E-state index contributed by atoms with van der Waals surface area (Å²) in [6.07, 6.45) is 0. The molecule has 0 fully saturated rings. The summed E-state index contributed by atoms with van der Waals surface area (Å²) >= 11 is 3.53. The Kier molecular flexibility index (Phi) is 6.32. The van der Waals surface area contributed by atoms with Crippen LogP contribution in [-0.4, -0.2) is 11.5 Å². The van der Waals surface area contributed by atoms with Crippen molar-refractivity contribution in [1.29, 1.82) is 0 Å². The van der Waals surface area contributed by atoms with Crippen LogP contribution in [0.2, 0.25) is 0 Å². The molecular formula is C24H19BrN2. The first-order chi connectivity index (χ1) is 13.2. The second-order valence-electron chi connectivity index (χ2n) is 5.90. The second-order valence-corrected chi connectivity index (χ2v) is 6.82. The van der Waals surface area contributed by atoms with E-state index in [2.05, 4.69) is 28.2 Å². The van der Waals surface area contributed by atoms with Gasteiger partial charge < -0.3 is 0 Å². The van der Waals surface area contributed by atoms with Crippen LogP contribution in [0, 0.1) is 0 Å². The van der Waals surface area contributed by atoms with Crippen molar-refractivity contribution >= 4 is 33.2 Å². The Morgan fingerprint density at radius 2 is 1.37 bits per heavy atom. The normalized spacial score (nSPS) is 11.8. The van der Waals surface area contributed by atoms with Gasteiger partial charge in [-0.15, -0.1) is 5.73 Å². The van der Waals surface area contributed by atoms with Crippen molar-refractivity contribution in [2.24, 2.45) is 9.98 Å². The fraction of sp³-hybridized carbons (Fsp3) is 0.0417. The first-order valence-electron chi connectivity index (χ1n) is 8.58. The molecule has 0 aliphatic rings. The highest BCUT2D eigenvalue weighted by molar-refractivity contribution is 9.10. The standard InChI is InChI=1S/C24H19BrN2/c1-3-23(20-13-8-5-9-14-20)27-24(21-15-10-16-22(25)17-21)26-18(2)19-11-6-4-7-12-19/h4-17H,1H2,2H3. The van der Waals surface area contributed by atoms with Crippen LogP contribution in [0.3, 0.4) is 0 Å². The summed E-state index contributed by atoms with van der Waals surface area (Å²) in [6.45, 7) is 5.80. The van der Waals surface area contributed by atoms with Crippen LogP contribution in [0.25, 0.3) is 5.70 Å². The smallest absolute Gasteiger partial charge is 0.160 e. The summed E-state index contributed by atoms with van der Waals surface area (Å²) in [5.74, 6) is 0.618. The van der Waals surface area contributed by atoms with E-state index in [1.165, 1.54) is 0 Å². The van der Waals surface area contributed by atoms with Crippen LogP contribution < -0.4 is 0 Å². The number of amidine groups is 1. The van der Waals surface area contributed by atoms with E-state index in [-0.39, 0.29) is 0 Å². The minimum atomic E-state index is 0.618. The molecule has 132 valence electrons. The van der Waals surface area contributed by atoms with Gasteiger partial charge in [0.2, 0.25) is 0 Å². The van der Waals surface area contributed by atoms with Gasteiger partial charge >= 0.3 is 0 Å². The molecule has 0 amide bonds. The van der Waals surface area contributed by atoms with Gasteiger partial charge in [-0.2, -0.15) is 0 Å². The third kappa shape index (κ3) is 5.01. The maximum atomic E-state index is 4.83. The molecule has 0 spiro atoms. The molecule has 0 N–H and O–H groups in total. The first kappa shape index (κ1) is 18.8. The van der Waals surface area contributed by atoms with Crippen molar-refractivity contribution in [2.45, 2.75) is 6.92 Å². The number of hydrogen-bond acceptors (Lipinski definition) is 1. The molecule has 3 rings (SSSR count). The largest absolute Gasteiger partial charge is 0.233 e. The number of nitrogens with zero attached hydrogens (tertiary/aromatic N) is 2. The number of hydrogen-bond donors (Lipinski definition) is 0. The Morgan fingerprint density at radius 3 is 1.96 bits per heavy atom. The lowest BCUT2D eigenvalue weighted by atomic mass is 10.1. The van der Waals surface area contributed by atoms with E-state index < -0.39 is 0 Å². The fourth-order valence-electron chi connectivity index (χ4n) is 2.59. The molecule has 0 unspecified atom stereocenters. The highest BCUT2D eigenvalue weighted by Gasteiger charge is 2.08. The Morgan fingerprint density at radius 1 is 0.778 bits per heavy atom. The van der Waals surface area contributed by atoms with Crippen molar-refractivity contribution in [3.8, 4) is 0 Å². The zero-order valence-electron chi connectivity index (χ0n) is 15.1. The lowest BCUT2D eigenvalue weighted by Crippen LogP contribution is -2.04. The maximum Gasteiger partial charge on any atom is 0.160 e. The molecule has 0 atom stereocenters. The molecule has 3 heteroatoms. The number of halogens is 1. The molecule has 0 aromatic heterocycles. The van der Waals surface area contributed by atoms with E-state index in [0.29, 0.717) is 11.5 Å². The van der Waals surface area contributed by atoms with Crippen molar-refractivity contribution in [2.75, 3.05) is 0 Å². The van der Waals surface area contributed by atoms with Crippen LogP contribution >= 0.6 is 15.9 Å². The van der Waals surface area contributed by atoms with Crippen molar-refractivity contribution in [1.82, 2.24) is 0 Å². The van der Waals surface area contributed by atoms with E-state index in [9.17, 15) is 0 Å². The SMILES string of the molecule is C=C=C(N=C(N=C(C)c1ccccc1)c1cccc(Br)c1)c1ccccc1. The molecule has 0 saturated heterocycles. The van der Waals surface area contributed by atoms with Gasteiger partial charge in [-0.05, 0) is 24.6 Å². The molecule has 0 aliphatic heterocycles. The van der Waals surface area contributed by atoms with Crippen molar-refractivity contribution in [3.63, 3.8) is 0 Å². The Balaban J connectivity index is 2.12. The molecule has 2 nitrogen and oxygen atoms in total. The van der Waals surface area contributed by atoms with Gasteiger partial charge in [-0.3, -0.25) is 0 Å². The minimum Gasteiger partial charge on any atom is -0.233 e. The van der Waals surface area contributed by atoms with Gasteiger partial charge in [0.25, 0.3) is 0 Å². The summed E-state index contributed by atoms with van der Waals surface area (Å²) in [6, 6.07) is 27.9. The van der Waals surface area contributed by atoms with E-state index in [1.807, 2.05) is 91.9 Å². The lowest BCUT2D eigenvalue weighted by Gasteiger charge is -2.07. The zero-order valence-corrected chi connectivity index (χ0v) is 16.6. The average Bonchev–Trinajstić information content (AvgIpc) is 2.72. The van der Waals surface area contributed by atoms with Crippen molar-refractivity contribution < 1.29 is 0 Å². The summed E-state index contributed by atoms with van der Waals surface area (Å²) in [5.41, 5.74) is 7.43. The van der Waals surface area contributed by atoms with Crippen LogP contribution in [0.5, 0.6) is 0 Å². The Bertz CT molecular complexity index is 1030. The van der Waals surface area contributed by atoms with Gasteiger partial charge in [0.1, 0.15) is 5.70 Å². The third-order valence-electron chi connectivity index (χ3n) is 3.98. The van der Waals surface area contributed by atoms with Crippen LogP contribution in [-0.2, 0) is 0 Å². The average molecular weight is 415 g/mol. The maximum absolute atomic E-state index is 4.83. The number of aliphatic imine (C=N–C) groups is 2. The topological polar surface area (TPSA) is 24.7 Å². The van der Waals surface area contributed by atoms with Crippen LogP contribution in [0.1, 0.15) is 23.6 Å². The quantitative estimate of drug-likeness (QED) is 0.263. The molecule has 0 radical (unpaired) electrons. The molecule has 3 aromatic rings. The molecular weight excluding hydrogens is 396 g/mol. The van der Waals surface area contributed by atoms with Gasteiger partial charge in [-0.1, -0.05) is 95.3 Å². The predicted octanol–water partition coefficient (Wildman–Crippen LogP) is 6.53. The number of benzene rings is 3. The minimum absolute atomic E-state index is 0.618. The fourth-order valence-corrected chi connectivity index (χ4v) is 2.99. The van der Waals surface area contributed by atoms with Gasteiger partial charge in [-0.25, -0.2) is 9.98 Å². The first-order valence-corrected chi connectivity index (χ1v) is 9.37. The molecule has 0 aliphatic carbocycles. The zero-order chi connectivity index (χ0) is 19.1. The Hall–Kier alpha value is -3.00. The summed E-state index contributed by atoms with van der Waals surface area (Å²) in [4.78, 5) is 9.62. The van der Waals surface area contributed by atoms with Crippen molar-refractivity contribution in [3.05, 3.63) is 118 Å². The van der Waals surface area contributed by atoms with E-state index in [1.54, 1.807) is 0 Å². The van der Waals surface area contributed by atoms with E-state index in [0.717, 1.165) is 26.9 Å². The molecule has 0 bridgehead atoms. The number of rotatable bonds is 4. The summed E-state index contributed by atoms with van der Waals surface area (Å²) < 4.78 is 0.976. The van der Waals surface area contributed by atoms with E-state index in [4.69, 9.17) is 9.98 Å². The van der Waals surface area contributed by atoms with E-state index >= 15 is 0 Å². The van der Waals surface area contributed by atoms with Gasteiger partial charge in [0.05, 0.1) is 0 Å². The highest BCUT2D eigenvalue weighted by atomic mass is 79.9.